The van der Waals surface area contributed by atoms with Gasteiger partial charge in [-0.1, -0.05) is 59.9 Å². The number of urea groups is 1. The second kappa shape index (κ2) is 10.2. The SMILES string of the molecule is C=CCN(C(=O)NC)N1CC(=O)N2[C@@H](Cc3ccccc3)C(=O)N(Cc3cccc4sc(N)nc34)C[C@@H]21. The number of benzene rings is 2. The first-order valence-electron chi connectivity index (χ1n) is 12.1. The van der Waals surface area contributed by atoms with Crippen LogP contribution in [0.4, 0.5) is 9.93 Å². The van der Waals surface area contributed by atoms with Crippen molar-refractivity contribution in [1.82, 2.24) is 30.1 Å². The van der Waals surface area contributed by atoms with Gasteiger partial charge in [-0.15, -0.1) is 6.58 Å². The van der Waals surface area contributed by atoms with Gasteiger partial charge in [-0.3, -0.25) is 14.6 Å². The van der Waals surface area contributed by atoms with Gasteiger partial charge in [0, 0.05) is 20.0 Å². The van der Waals surface area contributed by atoms with Gasteiger partial charge < -0.3 is 20.9 Å². The molecule has 2 aromatic carbocycles. The van der Waals surface area contributed by atoms with Crippen molar-refractivity contribution in [3.63, 3.8) is 0 Å². The van der Waals surface area contributed by atoms with Crippen molar-refractivity contribution in [2.75, 3.05) is 32.4 Å². The molecule has 10 nitrogen and oxygen atoms in total. The molecule has 0 saturated carbocycles. The molecule has 0 aliphatic carbocycles. The minimum Gasteiger partial charge on any atom is -0.375 e. The van der Waals surface area contributed by atoms with Gasteiger partial charge in [0.05, 0.1) is 29.9 Å². The van der Waals surface area contributed by atoms with Crippen LogP contribution in [0.1, 0.15) is 11.1 Å². The number of carbonyl (C=O) groups excluding carboxylic acids is 3. The van der Waals surface area contributed by atoms with Crippen molar-refractivity contribution in [3.05, 3.63) is 72.3 Å². The second-order valence-corrected chi connectivity index (χ2v) is 10.1. The van der Waals surface area contributed by atoms with Crippen molar-refractivity contribution in [1.29, 1.82) is 0 Å². The molecule has 2 fully saturated rings. The number of nitrogen functional groups attached to an aromatic ring is 1. The summed E-state index contributed by atoms with van der Waals surface area (Å²) in [5, 5.41) is 6.32. The van der Waals surface area contributed by atoms with Gasteiger partial charge in [0.15, 0.2) is 5.13 Å². The molecule has 192 valence electrons. The zero-order valence-electron chi connectivity index (χ0n) is 20.5. The molecular weight excluding hydrogens is 490 g/mol. The lowest BCUT2D eigenvalue weighted by molar-refractivity contribution is -0.157. The fourth-order valence-electron chi connectivity index (χ4n) is 5.14. The van der Waals surface area contributed by atoms with Gasteiger partial charge in [0.25, 0.3) is 0 Å². The Morgan fingerprint density at radius 1 is 1.24 bits per heavy atom. The number of piperazine rings is 1. The van der Waals surface area contributed by atoms with E-state index in [1.165, 1.54) is 16.3 Å². The molecule has 3 N–H and O–H groups in total. The van der Waals surface area contributed by atoms with E-state index in [-0.39, 0.29) is 37.5 Å². The van der Waals surface area contributed by atoms with Crippen molar-refractivity contribution in [2.24, 2.45) is 0 Å². The highest BCUT2D eigenvalue weighted by Crippen LogP contribution is 2.32. The summed E-state index contributed by atoms with van der Waals surface area (Å²) in [4.78, 5) is 47.9. The van der Waals surface area contributed by atoms with Gasteiger partial charge >= 0.3 is 6.03 Å². The second-order valence-electron chi connectivity index (χ2n) is 9.05. The number of nitrogens with two attached hydrogens (primary N) is 1. The Labute approximate surface area is 218 Å². The maximum absolute atomic E-state index is 13.9. The molecular formula is C26H29N7O3S. The molecule has 2 atom stereocenters. The molecule has 1 aromatic heterocycles. The Kier molecular flexibility index (Phi) is 6.81. The minimum absolute atomic E-state index is 0.00343. The highest BCUT2D eigenvalue weighted by atomic mass is 32.1. The van der Waals surface area contributed by atoms with E-state index < -0.39 is 12.2 Å². The van der Waals surface area contributed by atoms with Crippen LogP contribution in [0.2, 0.25) is 0 Å². The number of carbonyl (C=O) groups is 3. The van der Waals surface area contributed by atoms with E-state index in [2.05, 4.69) is 16.9 Å². The lowest BCUT2D eigenvalue weighted by Gasteiger charge is -2.46. The average Bonchev–Trinajstić information content (AvgIpc) is 3.44. The highest BCUT2D eigenvalue weighted by Gasteiger charge is 2.52. The van der Waals surface area contributed by atoms with Crippen molar-refractivity contribution in [3.8, 4) is 0 Å². The molecule has 2 aliphatic rings. The van der Waals surface area contributed by atoms with E-state index in [0.717, 1.165) is 21.3 Å². The van der Waals surface area contributed by atoms with E-state index in [0.29, 0.717) is 18.1 Å². The van der Waals surface area contributed by atoms with Gasteiger partial charge in [-0.25, -0.2) is 9.78 Å². The summed E-state index contributed by atoms with van der Waals surface area (Å²) in [6.45, 7) is 4.56. The summed E-state index contributed by atoms with van der Waals surface area (Å²) >= 11 is 1.40. The van der Waals surface area contributed by atoms with Crippen molar-refractivity contribution < 1.29 is 14.4 Å². The maximum atomic E-state index is 13.9. The Bertz CT molecular complexity index is 1340. The van der Waals surface area contributed by atoms with Crippen LogP contribution in [0.15, 0.2) is 61.2 Å². The molecule has 37 heavy (non-hydrogen) atoms. The van der Waals surface area contributed by atoms with Crippen molar-refractivity contribution in [2.45, 2.75) is 25.2 Å². The molecule has 5 rings (SSSR count). The van der Waals surface area contributed by atoms with Gasteiger partial charge in [-0.05, 0) is 17.2 Å². The number of nitrogens with one attached hydrogen (secondary N) is 1. The predicted octanol–water partition coefficient (Wildman–Crippen LogP) is 2.04. The summed E-state index contributed by atoms with van der Waals surface area (Å²) in [6, 6.07) is 14.4. The topological polar surface area (TPSA) is 115 Å². The number of aromatic nitrogens is 1. The Hall–Kier alpha value is -3.96. The monoisotopic (exact) mass is 519 g/mol. The van der Waals surface area contributed by atoms with Gasteiger partial charge in [0.2, 0.25) is 11.8 Å². The smallest absolute Gasteiger partial charge is 0.332 e. The normalized spacial score (nSPS) is 19.8. The van der Waals surface area contributed by atoms with Gasteiger partial charge in [0.1, 0.15) is 12.2 Å². The number of hydrogen-bond donors (Lipinski definition) is 2. The number of thiazole rings is 1. The van der Waals surface area contributed by atoms with Crippen LogP contribution in [0.5, 0.6) is 0 Å². The third-order valence-electron chi connectivity index (χ3n) is 6.78. The third kappa shape index (κ3) is 4.63. The molecule has 0 spiro atoms. The van der Waals surface area contributed by atoms with E-state index in [9.17, 15) is 14.4 Å². The zero-order chi connectivity index (χ0) is 26.1. The maximum Gasteiger partial charge on any atom is 0.332 e. The van der Waals surface area contributed by atoms with Crippen LogP contribution in [-0.2, 0) is 22.6 Å². The third-order valence-corrected chi connectivity index (χ3v) is 7.63. The number of amides is 4. The molecule has 0 unspecified atom stereocenters. The molecule has 2 aliphatic heterocycles. The lowest BCUT2D eigenvalue weighted by atomic mass is 10.00. The van der Waals surface area contributed by atoms with Crippen LogP contribution >= 0.6 is 11.3 Å². The van der Waals surface area contributed by atoms with Gasteiger partial charge in [-0.2, -0.15) is 5.01 Å². The van der Waals surface area contributed by atoms with E-state index >= 15 is 0 Å². The number of anilines is 1. The Morgan fingerprint density at radius 3 is 2.76 bits per heavy atom. The zero-order valence-corrected chi connectivity index (χ0v) is 21.4. The fourth-order valence-corrected chi connectivity index (χ4v) is 5.92. The fraction of sp³-hybridized carbons (Fsp3) is 0.308. The number of nitrogens with zero attached hydrogens (tertiary/aromatic N) is 5. The molecule has 0 bridgehead atoms. The van der Waals surface area contributed by atoms with E-state index in [1.807, 2.05) is 48.5 Å². The Balaban J connectivity index is 1.52. The molecule has 0 radical (unpaired) electrons. The standard InChI is InChI=1S/C26H29N7O3S/c1-3-12-31(26(36)28-2)32-16-22(34)33-19(13-17-8-5-4-6-9-17)24(35)30(15-21(32)33)14-18-10-7-11-20-23(18)29-25(27)37-20/h3-11,19,21H,1,12-16H2,2H3,(H2,27,29)(H,28,36)/t19-,21+/m0/s1. The lowest BCUT2D eigenvalue weighted by Crippen LogP contribution is -2.65. The van der Waals surface area contributed by atoms with Crippen LogP contribution < -0.4 is 11.1 Å². The summed E-state index contributed by atoms with van der Waals surface area (Å²) in [6.07, 6.45) is 1.49. The van der Waals surface area contributed by atoms with Crippen molar-refractivity contribution >= 4 is 44.5 Å². The minimum atomic E-state index is -0.700. The molecule has 3 aromatic rings. The van der Waals surface area contributed by atoms with Crippen LogP contribution in [0, 0.1) is 0 Å². The average molecular weight is 520 g/mol. The summed E-state index contributed by atoms with van der Waals surface area (Å²) in [7, 11) is 1.54. The first kappa shape index (κ1) is 24.7. The van der Waals surface area contributed by atoms with Crippen LogP contribution in [0.25, 0.3) is 10.2 Å². The predicted molar refractivity (Wildman–Crippen MR) is 142 cm³/mol. The van der Waals surface area contributed by atoms with Crippen LogP contribution in [-0.4, -0.2) is 81.5 Å². The first-order valence-corrected chi connectivity index (χ1v) is 12.9. The summed E-state index contributed by atoms with van der Waals surface area (Å²) in [5.41, 5.74) is 8.58. The number of hydrazine groups is 1. The molecule has 3 heterocycles. The number of para-hydroxylation sites is 1. The highest BCUT2D eigenvalue weighted by molar-refractivity contribution is 7.22. The van der Waals surface area contributed by atoms with Crippen LogP contribution in [0.3, 0.4) is 0 Å². The number of rotatable bonds is 7. The summed E-state index contributed by atoms with van der Waals surface area (Å²) in [5.74, 6) is -0.322. The largest absolute Gasteiger partial charge is 0.375 e. The van der Waals surface area contributed by atoms with E-state index in [1.54, 1.807) is 27.9 Å². The number of hydrogen-bond acceptors (Lipinski definition) is 7. The first-order chi connectivity index (χ1) is 17.9. The quantitative estimate of drug-likeness (QED) is 0.462. The molecule has 2 saturated heterocycles. The molecule has 4 amide bonds. The number of fused-ring (bicyclic) bond motifs is 2. The molecule has 11 heteroatoms. The Morgan fingerprint density at radius 2 is 2.03 bits per heavy atom. The summed E-state index contributed by atoms with van der Waals surface area (Å²) < 4.78 is 0.955. The van der Waals surface area contributed by atoms with E-state index in [4.69, 9.17) is 5.73 Å².